The molecule has 0 aliphatic heterocycles. The third-order valence-electron chi connectivity index (χ3n) is 2.64. The number of hydrogen-bond acceptors (Lipinski definition) is 4. The lowest BCUT2D eigenvalue weighted by atomic mass is 10.0. The predicted molar refractivity (Wildman–Crippen MR) is 72.3 cm³/mol. The molecule has 0 aliphatic rings. The van der Waals surface area contributed by atoms with Crippen molar-refractivity contribution < 1.29 is 0 Å². The highest BCUT2D eigenvalue weighted by atomic mass is 35.5. The van der Waals surface area contributed by atoms with Crippen molar-refractivity contribution in [2.45, 2.75) is 12.5 Å². The van der Waals surface area contributed by atoms with E-state index in [4.69, 9.17) is 29.0 Å². The van der Waals surface area contributed by atoms with Gasteiger partial charge < -0.3 is 0 Å². The predicted octanol–water partition coefficient (Wildman–Crippen LogP) is 2.53. The van der Waals surface area contributed by atoms with Crippen molar-refractivity contribution in [1.82, 2.24) is 15.6 Å². The van der Waals surface area contributed by atoms with E-state index in [9.17, 15) is 0 Å². The van der Waals surface area contributed by atoms with Crippen molar-refractivity contribution in [2.24, 2.45) is 5.84 Å². The highest BCUT2D eigenvalue weighted by molar-refractivity contribution is 6.33. The van der Waals surface area contributed by atoms with Gasteiger partial charge in [0.2, 0.25) is 0 Å². The van der Waals surface area contributed by atoms with Gasteiger partial charge in [-0.3, -0.25) is 11.3 Å². The van der Waals surface area contributed by atoms with E-state index in [1.807, 2.05) is 12.1 Å². The highest BCUT2D eigenvalue weighted by Gasteiger charge is 2.13. The molecular formula is C12H12Cl2N4. The minimum Gasteiger partial charge on any atom is -0.271 e. The maximum atomic E-state index is 6.13. The summed E-state index contributed by atoms with van der Waals surface area (Å²) in [5, 5.41) is 8.88. The lowest BCUT2D eigenvalue weighted by Crippen LogP contribution is -2.29. The quantitative estimate of drug-likeness (QED) is 0.668. The van der Waals surface area contributed by atoms with Gasteiger partial charge in [-0.25, -0.2) is 0 Å². The van der Waals surface area contributed by atoms with Gasteiger partial charge in [0.05, 0.1) is 12.2 Å². The number of nitrogens with two attached hydrogens (primary N) is 1. The Morgan fingerprint density at radius 1 is 1.22 bits per heavy atom. The summed E-state index contributed by atoms with van der Waals surface area (Å²) >= 11 is 12.1. The first-order valence-corrected chi connectivity index (χ1v) is 6.13. The number of nitrogens with one attached hydrogen (secondary N) is 1. The van der Waals surface area contributed by atoms with Crippen molar-refractivity contribution in [3.05, 3.63) is 57.8 Å². The van der Waals surface area contributed by atoms with Crippen molar-refractivity contribution in [2.75, 3.05) is 0 Å². The van der Waals surface area contributed by atoms with Crippen LogP contribution in [0.4, 0.5) is 0 Å². The number of hydrogen-bond donors (Lipinski definition) is 2. The van der Waals surface area contributed by atoms with Gasteiger partial charge in [-0.1, -0.05) is 23.2 Å². The van der Waals surface area contributed by atoms with Crippen molar-refractivity contribution in [3.8, 4) is 0 Å². The van der Waals surface area contributed by atoms with Crippen LogP contribution in [0.25, 0.3) is 0 Å². The van der Waals surface area contributed by atoms with E-state index in [0.717, 1.165) is 11.1 Å². The molecule has 4 nitrogen and oxygen atoms in total. The summed E-state index contributed by atoms with van der Waals surface area (Å²) in [5.74, 6) is 5.57. The maximum absolute atomic E-state index is 6.13. The number of halogens is 2. The molecule has 0 spiro atoms. The van der Waals surface area contributed by atoms with E-state index in [0.29, 0.717) is 16.5 Å². The number of nitrogens with zero attached hydrogens (tertiary/aromatic N) is 2. The second-order valence-corrected chi connectivity index (χ2v) is 4.68. The van der Waals surface area contributed by atoms with Crippen molar-refractivity contribution >= 4 is 23.2 Å². The summed E-state index contributed by atoms with van der Waals surface area (Å²) in [6, 6.07) is 7.14. The fraction of sp³-hybridized carbons (Fsp3) is 0.167. The molecule has 0 saturated heterocycles. The molecule has 18 heavy (non-hydrogen) atoms. The second-order valence-electron chi connectivity index (χ2n) is 3.83. The zero-order chi connectivity index (χ0) is 13.0. The molecule has 0 saturated carbocycles. The Balaban J connectivity index is 2.23. The molecule has 1 heterocycles. The van der Waals surface area contributed by atoms with E-state index in [2.05, 4.69) is 15.6 Å². The minimum atomic E-state index is -0.0866. The second kappa shape index (κ2) is 6.11. The van der Waals surface area contributed by atoms with Crippen LogP contribution in [0, 0.1) is 0 Å². The standard InChI is InChI=1S/C12H12Cl2N4/c13-10-1-2-11(14)9(5-10)6-12(18-15)8-3-4-16-17-7-8/h1-5,7,12,18H,6,15H2. The Kier molecular flexibility index (Phi) is 4.49. The monoisotopic (exact) mass is 282 g/mol. The highest BCUT2D eigenvalue weighted by Crippen LogP contribution is 2.25. The summed E-state index contributed by atoms with van der Waals surface area (Å²) in [5.41, 5.74) is 4.63. The number of aromatic nitrogens is 2. The molecule has 1 aromatic heterocycles. The SMILES string of the molecule is NNC(Cc1cc(Cl)ccc1Cl)c1ccnnc1. The Morgan fingerprint density at radius 3 is 2.72 bits per heavy atom. The van der Waals surface area contributed by atoms with Crippen LogP contribution in [0.15, 0.2) is 36.7 Å². The molecule has 0 bridgehead atoms. The van der Waals surface area contributed by atoms with Gasteiger partial charge in [0.15, 0.2) is 0 Å². The first kappa shape index (κ1) is 13.2. The third kappa shape index (κ3) is 3.17. The summed E-state index contributed by atoms with van der Waals surface area (Å²) in [6.07, 6.45) is 3.92. The van der Waals surface area contributed by atoms with Crippen molar-refractivity contribution in [1.29, 1.82) is 0 Å². The van der Waals surface area contributed by atoms with E-state index in [1.54, 1.807) is 24.5 Å². The molecule has 0 amide bonds. The Labute approximate surface area is 115 Å². The topological polar surface area (TPSA) is 63.8 Å². The van der Waals surface area contributed by atoms with Crippen LogP contribution in [0.5, 0.6) is 0 Å². The van der Waals surface area contributed by atoms with E-state index in [1.165, 1.54) is 0 Å². The summed E-state index contributed by atoms with van der Waals surface area (Å²) < 4.78 is 0. The van der Waals surface area contributed by atoms with Crippen LogP contribution < -0.4 is 11.3 Å². The van der Waals surface area contributed by atoms with Gasteiger partial charge in [-0.15, -0.1) is 0 Å². The van der Waals surface area contributed by atoms with Gasteiger partial charge >= 0.3 is 0 Å². The number of hydrazine groups is 1. The van der Waals surface area contributed by atoms with Gasteiger partial charge in [0.25, 0.3) is 0 Å². The average molecular weight is 283 g/mol. The summed E-state index contributed by atoms with van der Waals surface area (Å²) in [7, 11) is 0. The Bertz CT molecular complexity index is 519. The largest absolute Gasteiger partial charge is 0.271 e. The normalized spacial score (nSPS) is 12.4. The Hall–Kier alpha value is -1.20. The van der Waals surface area contributed by atoms with Gasteiger partial charge in [0.1, 0.15) is 0 Å². The van der Waals surface area contributed by atoms with Crippen LogP contribution in [0.1, 0.15) is 17.2 Å². The molecule has 1 atom stereocenters. The van der Waals surface area contributed by atoms with Crippen LogP contribution in [-0.2, 0) is 6.42 Å². The molecule has 3 N–H and O–H groups in total. The third-order valence-corrected chi connectivity index (χ3v) is 3.25. The Morgan fingerprint density at radius 2 is 2.06 bits per heavy atom. The lowest BCUT2D eigenvalue weighted by Gasteiger charge is -2.16. The molecule has 1 aromatic carbocycles. The van der Waals surface area contributed by atoms with Crippen LogP contribution >= 0.6 is 23.2 Å². The van der Waals surface area contributed by atoms with Crippen LogP contribution in [-0.4, -0.2) is 10.2 Å². The molecule has 6 heteroatoms. The molecule has 1 unspecified atom stereocenters. The first-order valence-electron chi connectivity index (χ1n) is 5.37. The van der Waals surface area contributed by atoms with Crippen molar-refractivity contribution in [3.63, 3.8) is 0 Å². The molecule has 0 aliphatic carbocycles. The first-order chi connectivity index (χ1) is 8.70. The minimum absolute atomic E-state index is 0.0866. The van der Waals surface area contributed by atoms with Gasteiger partial charge in [-0.05, 0) is 41.8 Å². The summed E-state index contributed by atoms with van der Waals surface area (Å²) in [6.45, 7) is 0. The molecule has 2 aromatic rings. The lowest BCUT2D eigenvalue weighted by molar-refractivity contribution is 0.549. The molecule has 94 valence electrons. The molecule has 2 rings (SSSR count). The average Bonchev–Trinajstić information content (AvgIpc) is 2.41. The molecule has 0 fully saturated rings. The molecular weight excluding hydrogens is 271 g/mol. The fourth-order valence-corrected chi connectivity index (χ4v) is 2.09. The summed E-state index contributed by atoms with van der Waals surface area (Å²) in [4.78, 5) is 0. The van der Waals surface area contributed by atoms with Gasteiger partial charge in [-0.2, -0.15) is 10.2 Å². The zero-order valence-corrected chi connectivity index (χ0v) is 11.0. The smallest absolute Gasteiger partial charge is 0.0544 e. The molecule has 0 radical (unpaired) electrons. The zero-order valence-electron chi connectivity index (χ0n) is 9.48. The van der Waals surface area contributed by atoms with Crippen LogP contribution in [0.3, 0.4) is 0 Å². The van der Waals surface area contributed by atoms with E-state index in [-0.39, 0.29) is 6.04 Å². The van der Waals surface area contributed by atoms with Gasteiger partial charge in [0, 0.05) is 16.2 Å². The fourth-order valence-electron chi connectivity index (χ4n) is 1.70. The van der Waals surface area contributed by atoms with Crippen LogP contribution in [0.2, 0.25) is 10.0 Å². The van der Waals surface area contributed by atoms with E-state index < -0.39 is 0 Å². The number of benzene rings is 1. The maximum Gasteiger partial charge on any atom is 0.0544 e. The number of rotatable bonds is 4. The van der Waals surface area contributed by atoms with E-state index >= 15 is 0 Å².